The van der Waals surface area contributed by atoms with Gasteiger partial charge in [-0.1, -0.05) is 6.07 Å². The molecule has 4 nitrogen and oxygen atoms in total. The highest BCUT2D eigenvalue weighted by Gasteiger charge is 2.34. The number of nitrogens with one attached hydrogen (secondary N) is 1. The van der Waals surface area contributed by atoms with Gasteiger partial charge in [-0.15, -0.1) is 12.4 Å². The maximum Gasteiger partial charge on any atom is 0.263 e. The van der Waals surface area contributed by atoms with E-state index in [2.05, 4.69) is 31.3 Å². The van der Waals surface area contributed by atoms with Crippen molar-refractivity contribution in [2.75, 3.05) is 20.1 Å². The van der Waals surface area contributed by atoms with Crippen molar-refractivity contribution in [2.24, 2.45) is 0 Å². The van der Waals surface area contributed by atoms with Crippen LogP contribution < -0.4 is 10.1 Å². The van der Waals surface area contributed by atoms with Gasteiger partial charge in [0.1, 0.15) is 5.75 Å². The maximum absolute atomic E-state index is 12.6. The lowest BCUT2D eigenvalue weighted by Gasteiger charge is -2.33. The molecule has 1 N–H and O–H groups in total. The zero-order chi connectivity index (χ0) is 15.0. The molecular weight excluding hydrogens is 300 g/mol. The number of fused-ring (bicyclic) bond motifs is 1. The van der Waals surface area contributed by atoms with Crippen LogP contribution in [0.4, 0.5) is 0 Å². The first-order valence-electron chi connectivity index (χ1n) is 7.81. The number of nitrogens with zero attached hydrogens (tertiary/aromatic N) is 1. The fourth-order valence-electron chi connectivity index (χ4n) is 3.24. The largest absolute Gasteiger partial charge is 0.480 e. The topological polar surface area (TPSA) is 41.6 Å². The van der Waals surface area contributed by atoms with Gasteiger partial charge in [0.05, 0.1) is 0 Å². The van der Waals surface area contributed by atoms with Crippen LogP contribution in [0.2, 0.25) is 0 Å². The fourth-order valence-corrected chi connectivity index (χ4v) is 3.24. The molecule has 1 saturated heterocycles. The molecular formula is C17H25ClN2O2. The summed E-state index contributed by atoms with van der Waals surface area (Å²) in [6.07, 6.45) is 2.44. The van der Waals surface area contributed by atoms with Crippen molar-refractivity contribution < 1.29 is 9.53 Å². The molecule has 3 rings (SSSR count). The van der Waals surface area contributed by atoms with E-state index in [0.717, 1.165) is 31.7 Å². The Bertz CT molecular complexity index is 523. The maximum atomic E-state index is 12.6. The second kappa shape index (κ2) is 6.88. The first kappa shape index (κ1) is 17.1. The molecule has 1 amide bonds. The summed E-state index contributed by atoms with van der Waals surface area (Å²) < 4.78 is 5.90. The summed E-state index contributed by atoms with van der Waals surface area (Å²) in [5.41, 5.74) is 3.65. The molecule has 0 aliphatic carbocycles. The van der Waals surface area contributed by atoms with E-state index < -0.39 is 0 Å². The Morgan fingerprint density at radius 2 is 1.86 bits per heavy atom. The smallest absolute Gasteiger partial charge is 0.263 e. The van der Waals surface area contributed by atoms with Crippen molar-refractivity contribution in [3.05, 3.63) is 28.8 Å². The SMILES string of the molecule is CNC1CCN(C(=O)C2Cc3cc(C)c(C)cc3O2)CC1.Cl. The van der Waals surface area contributed by atoms with Crippen molar-refractivity contribution in [3.8, 4) is 5.75 Å². The molecule has 1 unspecified atom stereocenters. The van der Waals surface area contributed by atoms with Gasteiger partial charge in [-0.3, -0.25) is 4.79 Å². The second-order valence-electron chi connectivity index (χ2n) is 6.24. The molecule has 0 bridgehead atoms. The molecule has 122 valence electrons. The van der Waals surface area contributed by atoms with E-state index in [9.17, 15) is 4.79 Å². The first-order valence-corrected chi connectivity index (χ1v) is 7.81. The number of amides is 1. The van der Waals surface area contributed by atoms with Crippen LogP contribution in [0, 0.1) is 13.8 Å². The highest BCUT2D eigenvalue weighted by molar-refractivity contribution is 5.85. The standard InChI is InChI=1S/C17H24N2O2.ClH/c1-11-8-13-10-16(21-15(13)9-12(11)2)17(20)19-6-4-14(18-3)5-7-19;/h8-9,14,16,18H,4-7,10H2,1-3H3;1H. The van der Waals surface area contributed by atoms with Crippen LogP contribution in [0.25, 0.3) is 0 Å². The van der Waals surface area contributed by atoms with Gasteiger partial charge < -0.3 is 15.0 Å². The van der Waals surface area contributed by atoms with Gasteiger partial charge in [-0.05, 0) is 56.5 Å². The Hall–Kier alpha value is -1.26. The summed E-state index contributed by atoms with van der Waals surface area (Å²) in [4.78, 5) is 14.6. The summed E-state index contributed by atoms with van der Waals surface area (Å²) in [5, 5.41) is 3.29. The zero-order valence-corrected chi connectivity index (χ0v) is 14.3. The highest BCUT2D eigenvalue weighted by atomic mass is 35.5. The van der Waals surface area contributed by atoms with Crippen LogP contribution in [0.15, 0.2) is 12.1 Å². The van der Waals surface area contributed by atoms with Crippen molar-refractivity contribution in [3.63, 3.8) is 0 Å². The molecule has 1 atom stereocenters. The number of halogens is 1. The van der Waals surface area contributed by atoms with Crippen LogP contribution in [-0.2, 0) is 11.2 Å². The number of benzene rings is 1. The number of likely N-dealkylation sites (tertiary alicyclic amines) is 1. The lowest BCUT2D eigenvalue weighted by atomic mass is 10.0. The number of aryl methyl sites for hydroxylation is 2. The van der Waals surface area contributed by atoms with Crippen molar-refractivity contribution in [2.45, 2.75) is 45.3 Å². The summed E-state index contributed by atoms with van der Waals surface area (Å²) in [6.45, 7) is 5.85. The summed E-state index contributed by atoms with van der Waals surface area (Å²) in [6, 6.07) is 4.76. The quantitative estimate of drug-likeness (QED) is 0.907. The minimum Gasteiger partial charge on any atom is -0.480 e. The molecule has 22 heavy (non-hydrogen) atoms. The van der Waals surface area contributed by atoms with E-state index in [1.807, 2.05) is 11.9 Å². The summed E-state index contributed by atoms with van der Waals surface area (Å²) in [7, 11) is 1.99. The third-order valence-corrected chi connectivity index (χ3v) is 4.84. The van der Waals surface area contributed by atoms with E-state index >= 15 is 0 Å². The van der Waals surface area contributed by atoms with Crippen LogP contribution in [-0.4, -0.2) is 43.1 Å². The molecule has 1 fully saturated rings. The Morgan fingerprint density at radius 3 is 2.50 bits per heavy atom. The van der Waals surface area contributed by atoms with E-state index in [0.29, 0.717) is 12.5 Å². The Kier molecular flexibility index (Phi) is 5.35. The molecule has 0 spiro atoms. The predicted molar refractivity (Wildman–Crippen MR) is 89.9 cm³/mol. The van der Waals surface area contributed by atoms with Crippen molar-refractivity contribution in [1.29, 1.82) is 0 Å². The van der Waals surface area contributed by atoms with Gasteiger partial charge in [0.15, 0.2) is 6.10 Å². The minimum absolute atomic E-state index is 0. The summed E-state index contributed by atoms with van der Waals surface area (Å²) >= 11 is 0. The normalized spacial score (nSPS) is 21.0. The Morgan fingerprint density at radius 1 is 1.23 bits per heavy atom. The average molecular weight is 325 g/mol. The Labute approximate surface area is 138 Å². The van der Waals surface area contributed by atoms with Crippen molar-refractivity contribution in [1.82, 2.24) is 10.2 Å². The van der Waals surface area contributed by atoms with E-state index in [1.165, 1.54) is 16.7 Å². The zero-order valence-electron chi connectivity index (χ0n) is 13.5. The lowest BCUT2D eigenvalue weighted by molar-refractivity contribution is -0.139. The van der Waals surface area contributed by atoms with Gasteiger partial charge in [-0.25, -0.2) is 0 Å². The number of carbonyl (C=O) groups excluding carboxylic acids is 1. The minimum atomic E-state index is -0.327. The fraction of sp³-hybridized carbons (Fsp3) is 0.588. The van der Waals surface area contributed by atoms with E-state index in [1.54, 1.807) is 0 Å². The molecule has 0 radical (unpaired) electrons. The number of rotatable bonds is 2. The lowest BCUT2D eigenvalue weighted by Crippen LogP contribution is -2.48. The van der Waals surface area contributed by atoms with Gasteiger partial charge >= 0.3 is 0 Å². The third kappa shape index (κ3) is 3.23. The second-order valence-corrected chi connectivity index (χ2v) is 6.24. The number of ether oxygens (including phenoxy) is 1. The molecule has 2 heterocycles. The average Bonchev–Trinajstić information content (AvgIpc) is 2.90. The molecule has 1 aromatic rings. The summed E-state index contributed by atoms with van der Waals surface area (Å²) in [5.74, 6) is 1.04. The monoisotopic (exact) mass is 324 g/mol. The molecule has 0 saturated carbocycles. The number of carbonyl (C=O) groups is 1. The predicted octanol–water partition coefficient (Wildman–Crippen LogP) is 2.24. The van der Waals surface area contributed by atoms with Crippen LogP contribution in [0.3, 0.4) is 0 Å². The van der Waals surface area contributed by atoms with Crippen molar-refractivity contribution >= 4 is 18.3 Å². The molecule has 2 aliphatic heterocycles. The first-order chi connectivity index (χ1) is 10.1. The third-order valence-electron chi connectivity index (χ3n) is 4.84. The van der Waals surface area contributed by atoms with Crippen LogP contribution in [0.5, 0.6) is 5.75 Å². The van der Waals surface area contributed by atoms with Gasteiger partial charge in [0, 0.05) is 25.6 Å². The molecule has 0 aromatic heterocycles. The molecule has 1 aromatic carbocycles. The van der Waals surface area contributed by atoms with E-state index in [-0.39, 0.29) is 24.4 Å². The van der Waals surface area contributed by atoms with Gasteiger partial charge in [0.25, 0.3) is 5.91 Å². The number of hydrogen-bond donors (Lipinski definition) is 1. The van der Waals surface area contributed by atoms with E-state index in [4.69, 9.17) is 4.74 Å². The Balaban J connectivity index is 0.00000176. The highest BCUT2D eigenvalue weighted by Crippen LogP contribution is 2.32. The number of hydrogen-bond acceptors (Lipinski definition) is 3. The molecule has 2 aliphatic rings. The van der Waals surface area contributed by atoms with Gasteiger partial charge in [0.2, 0.25) is 0 Å². The molecule has 5 heteroatoms. The van der Waals surface area contributed by atoms with Crippen LogP contribution in [0.1, 0.15) is 29.5 Å². The van der Waals surface area contributed by atoms with Gasteiger partial charge in [-0.2, -0.15) is 0 Å². The number of piperidine rings is 1. The van der Waals surface area contributed by atoms with Crippen LogP contribution >= 0.6 is 12.4 Å².